The van der Waals surface area contributed by atoms with Crippen LogP contribution < -0.4 is 11.5 Å². The van der Waals surface area contributed by atoms with Gasteiger partial charge in [0.1, 0.15) is 12.2 Å². The van der Waals surface area contributed by atoms with E-state index >= 15 is 0 Å². The third-order valence-electron chi connectivity index (χ3n) is 2.43. The second-order valence-corrected chi connectivity index (χ2v) is 3.41. The van der Waals surface area contributed by atoms with Crippen LogP contribution in [0, 0.1) is 0 Å². The normalized spacial score (nSPS) is 43.9. The van der Waals surface area contributed by atoms with Crippen LogP contribution in [-0.4, -0.2) is 54.5 Å². The van der Waals surface area contributed by atoms with Gasteiger partial charge in [-0.1, -0.05) is 0 Å². The Bertz CT molecular complexity index is 177. The van der Waals surface area contributed by atoms with Crippen LogP contribution in [0.5, 0.6) is 0 Å². The average Bonchev–Trinajstić information content (AvgIpc) is 2.19. The van der Waals surface area contributed by atoms with Crippen LogP contribution in [-0.2, 0) is 9.47 Å². The molecule has 6 heteroatoms. The van der Waals surface area contributed by atoms with Gasteiger partial charge < -0.3 is 31.2 Å². The zero-order valence-corrected chi connectivity index (χ0v) is 8.17. The van der Waals surface area contributed by atoms with E-state index in [1.807, 2.05) is 0 Å². The van der Waals surface area contributed by atoms with Crippen LogP contribution in [0.4, 0.5) is 0 Å². The smallest absolute Gasteiger partial charge is 0.175 e. The van der Waals surface area contributed by atoms with Gasteiger partial charge in [0.2, 0.25) is 0 Å². The molecule has 0 spiro atoms. The Morgan fingerprint density at radius 3 is 2.50 bits per heavy atom. The quantitative estimate of drug-likeness (QED) is 0.415. The zero-order chi connectivity index (χ0) is 10.7. The highest BCUT2D eigenvalue weighted by atomic mass is 16.7. The molecular formula is C8H18N2O4. The molecule has 84 valence electrons. The summed E-state index contributed by atoms with van der Waals surface area (Å²) in [5.41, 5.74) is 10.9. The molecule has 0 unspecified atom stereocenters. The third kappa shape index (κ3) is 2.22. The molecule has 1 aliphatic heterocycles. The monoisotopic (exact) mass is 206 g/mol. The van der Waals surface area contributed by atoms with Gasteiger partial charge in [-0.15, -0.1) is 0 Å². The van der Waals surface area contributed by atoms with Crippen LogP contribution in [0.15, 0.2) is 0 Å². The second-order valence-electron chi connectivity index (χ2n) is 3.41. The fourth-order valence-corrected chi connectivity index (χ4v) is 1.57. The fraction of sp³-hybridized carbons (Fsp3) is 1.00. The number of nitrogens with two attached hydrogens (primary N) is 2. The van der Waals surface area contributed by atoms with Gasteiger partial charge in [-0.2, -0.15) is 0 Å². The Balaban J connectivity index is 2.63. The minimum atomic E-state index is -1.04. The molecule has 0 aliphatic carbocycles. The minimum Gasteiger partial charge on any atom is -0.388 e. The molecule has 0 saturated carbocycles. The molecular weight excluding hydrogens is 188 g/mol. The van der Waals surface area contributed by atoms with E-state index in [2.05, 4.69) is 0 Å². The SMILES string of the molecule is CO[C@H]1O[C@H](CCN)[C@@H](O)[C@H](O)[C@H]1N. The van der Waals surface area contributed by atoms with Gasteiger partial charge in [-0.3, -0.25) is 0 Å². The lowest BCUT2D eigenvalue weighted by Crippen LogP contribution is -2.61. The molecule has 0 bridgehead atoms. The van der Waals surface area contributed by atoms with Crippen molar-refractivity contribution in [3.8, 4) is 0 Å². The number of ether oxygens (including phenoxy) is 2. The van der Waals surface area contributed by atoms with Gasteiger partial charge in [-0.25, -0.2) is 0 Å². The summed E-state index contributed by atoms with van der Waals surface area (Å²) in [6.45, 7) is 0.375. The van der Waals surface area contributed by atoms with Gasteiger partial charge >= 0.3 is 0 Å². The molecule has 1 aliphatic rings. The van der Waals surface area contributed by atoms with Gasteiger partial charge in [-0.05, 0) is 13.0 Å². The van der Waals surface area contributed by atoms with Gasteiger partial charge in [0.15, 0.2) is 6.29 Å². The lowest BCUT2D eigenvalue weighted by atomic mass is 9.96. The van der Waals surface area contributed by atoms with Crippen molar-refractivity contribution in [1.82, 2.24) is 0 Å². The molecule has 6 N–H and O–H groups in total. The van der Waals surface area contributed by atoms with Crippen LogP contribution in [0.2, 0.25) is 0 Å². The summed E-state index contributed by atoms with van der Waals surface area (Å²) in [5.74, 6) is 0. The Morgan fingerprint density at radius 2 is 2.00 bits per heavy atom. The van der Waals surface area contributed by atoms with Crippen molar-refractivity contribution in [1.29, 1.82) is 0 Å². The molecule has 1 fully saturated rings. The molecule has 1 saturated heterocycles. The minimum absolute atomic E-state index is 0.375. The summed E-state index contributed by atoms with van der Waals surface area (Å²) in [6, 6.07) is -0.732. The van der Waals surface area contributed by atoms with Crippen molar-refractivity contribution in [2.75, 3.05) is 13.7 Å². The zero-order valence-electron chi connectivity index (χ0n) is 8.17. The van der Waals surface area contributed by atoms with Crippen molar-refractivity contribution in [2.45, 2.75) is 37.1 Å². The van der Waals surface area contributed by atoms with Crippen molar-refractivity contribution >= 4 is 0 Å². The molecule has 0 aromatic heterocycles. The van der Waals surface area contributed by atoms with E-state index in [0.717, 1.165) is 0 Å². The molecule has 14 heavy (non-hydrogen) atoms. The topological polar surface area (TPSA) is 111 Å². The Kier molecular flexibility index (Phi) is 4.24. The first-order valence-corrected chi connectivity index (χ1v) is 4.61. The van der Waals surface area contributed by atoms with E-state index in [0.29, 0.717) is 13.0 Å². The second kappa shape index (κ2) is 5.01. The molecule has 0 aromatic carbocycles. The standard InChI is InChI=1S/C8H18N2O4/c1-13-8-5(10)7(12)6(11)4(14-8)2-3-9/h4-8,11-12H,2-3,9-10H2,1H3/t4-,5-,6-,7-,8+/m1/s1. The molecule has 5 atom stereocenters. The molecule has 0 amide bonds. The van der Waals surface area contributed by atoms with Crippen molar-refractivity contribution < 1.29 is 19.7 Å². The van der Waals surface area contributed by atoms with Crippen molar-refractivity contribution in [3.63, 3.8) is 0 Å². The highest BCUT2D eigenvalue weighted by Crippen LogP contribution is 2.21. The van der Waals surface area contributed by atoms with Gasteiger partial charge in [0.25, 0.3) is 0 Å². The lowest BCUT2D eigenvalue weighted by Gasteiger charge is -2.40. The highest BCUT2D eigenvalue weighted by Gasteiger charge is 2.42. The maximum atomic E-state index is 9.59. The first-order chi connectivity index (χ1) is 6.61. The molecule has 1 rings (SSSR count). The highest BCUT2D eigenvalue weighted by molar-refractivity contribution is 4.91. The molecule has 1 heterocycles. The maximum absolute atomic E-state index is 9.59. The Hall–Kier alpha value is -0.240. The van der Waals surface area contributed by atoms with E-state index in [4.69, 9.17) is 20.9 Å². The first-order valence-electron chi connectivity index (χ1n) is 4.61. The van der Waals surface area contributed by atoms with E-state index in [1.165, 1.54) is 7.11 Å². The molecule has 0 aromatic rings. The number of hydrogen-bond donors (Lipinski definition) is 4. The van der Waals surface area contributed by atoms with E-state index in [1.54, 1.807) is 0 Å². The van der Waals surface area contributed by atoms with Crippen LogP contribution >= 0.6 is 0 Å². The number of methoxy groups -OCH3 is 1. The van der Waals surface area contributed by atoms with Gasteiger partial charge in [0.05, 0.1) is 12.1 Å². The summed E-state index contributed by atoms with van der Waals surface area (Å²) in [7, 11) is 1.44. The maximum Gasteiger partial charge on any atom is 0.175 e. The Morgan fingerprint density at radius 1 is 1.36 bits per heavy atom. The van der Waals surface area contributed by atoms with Crippen molar-refractivity contribution in [2.24, 2.45) is 11.5 Å². The Labute approximate surface area is 82.8 Å². The summed E-state index contributed by atoms with van der Waals surface area (Å²) in [6.07, 6.45) is -2.78. The molecule has 6 nitrogen and oxygen atoms in total. The number of aliphatic hydroxyl groups is 2. The summed E-state index contributed by atoms with van der Waals surface area (Å²) in [5, 5.41) is 19.2. The van der Waals surface area contributed by atoms with E-state index in [-0.39, 0.29) is 0 Å². The molecule has 0 radical (unpaired) electrons. The average molecular weight is 206 g/mol. The number of hydrogen-bond acceptors (Lipinski definition) is 6. The number of aliphatic hydroxyl groups excluding tert-OH is 2. The largest absolute Gasteiger partial charge is 0.388 e. The van der Waals surface area contributed by atoms with Crippen LogP contribution in [0.25, 0.3) is 0 Å². The summed E-state index contributed by atoms with van der Waals surface area (Å²) in [4.78, 5) is 0. The van der Waals surface area contributed by atoms with E-state index in [9.17, 15) is 10.2 Å². The van der Waals surface area contributed by atoms with Crippen molar-refractivity contribution in [3.05, 3.63) is 0 Å². The van der Waals surface area contributed by atoms with Crippen LogP contribution in [0.3, 0.4) is 0 Å². The van der Waals surface area contributed by atoms with Crippen LogP contribution in [0.1, 0.15) is 6.42 Å². The summed E-state index contributed by atoms with van der Waals surface area (Å²) < 4.78 is 10.3. The first kappa shape index (κ1) is 11.8. The third-order valence-corrected chi connectivity index (χ3v) is 2.43. The van der Waals surface area contributed by atoms with Gasteiger partial charge in [0, 0.05) is 7.11 Å². The number of rotatable bonds is 3. The lowest BCUT2D eigenvalue weighted by molar-refractivity contribution is -0.252. The predicted molar refractivity (Wildman–Crippen MR) is 49.3 cm³/mol. The fourth-order valence-electron chi connectivity index (χ4n) is 1.57. The van der Waals surface area contributed by atoms with E-state index < -0.39 is 30.6 Å². The predicted octanol–water partition coefficient (Wildman–Crippen LogP) is -2.24. The summed E-state index contributed by atoms with van der Waals surface area (Å²) >= 11 is 0.